The summed E-state index contributed by atoms with van der Waals surface area (Å²) in [6.45, 7) is 3.47. The summed E-state index contributed by atoms with van der Waals surface area (Å²) in [5.41, 5.74) is 3.63. The maximum absolute atomic E-state index is 12.8. The summed E-state index contributed by atoms with van der Waals surface area (Å²) in [5, 5.41) is 0. The van der Waals surface area contributed by atoms with E-state index >= 15 is 0 Å². The van der Waals surface area contributed by atoms with Gasteiger partial charge >= 0.3 is 0 Å². The summed E-state index contributed by atoms with van der Waals surface area (Å²) >= 11 is 0. The Morgan fingerprint density at radius 2 is 1.63 bits per heavy atom. The van der Waals surface area contributed by atoms with Crippen LogP contribution < -0.4 is 9.46 Å². The van der Waals surface area contributed by atoms with Crippen LogP contribution in [0.4, 0.5) is 0 Å². The SMILES string of the molecule is CCS(=O)(=O)CCOc1ccc(S(=O)(=O)NC(C)c2ccc3c(c2)CCCC3)cc1. The molecule has 0 aromatic heterocycles. The summed E-state index contributed by atoms with van der Waals surface area (Å²) in [5.74, 6) is 0.438. The molecule has 0 aliphatic heterocycles. The van der Waals surface area contributed by atoms with E-state index < -0.39 is 19.9 Å². The van der Waals surface area contributed by atoms with Gasteiger partial charge in [0.25, 0.3) is 0 Å². The number of ether oxygens (including phenoxy) is 1. The van der Waals surface area contributed by atoms with E-state index in [9.17, 15) is 16.8 Å². The molecule has 1 N–H and O–H groups in total. The number of sulfonamides is 1. The molecule has 1 aliphatic carbocycles. The molecule has 0 saturated carbocycles. The van der Waals surface area contributed by atoms with Gasteiger partial charge in [-0.3, -0.25) is 0 Å². The second-order valence-electron chi connectivity index (χ2n) is 7.63. The molecule has 30 heavy (non-hydrogen) atoms. The van der Waals surface area contributed by atoms with Crippen LogP contribution in [0.1, 0.15) is 49.4 Å². The van der Waals surface area contributed by atoms with Crippen molar-refractivity contribution in [3.05, 3.63) is 59.2 Å². The molecule has 0 bridgehead atoms. The summed E-state index contributed by atoms with van der Waals surface area (Å²) < 4.78 is 56.7. The average Bonchev–Trinajstić information content (AvgIpc) is 2.73. The molecular weight excluding hydrogens is 422 g/mol. The van der Waals surface area contributed by atoms with Gasteiger partial charge in [0, 0.05) is 11.8 Å². The Morgan fingerprint density at radius 3 is 2.30 bits per heavy atom. The van der Waals surface area contributed by atoms with E-state index in [1.54, 1.807) is 6.92 Å². The second kappa shape index (κ2) is 9.49. The Labute approximate surface area is 179 Å². The van der Waals surface area contributed by atoms with Crippen LogP contribution in [0.25, 0.3) is 0 Å². The van der Waals surface area contributed by atoms with Gasteiger partial charge in [-0.05, 0) is 73.6 Å². The number of sulfone groups is 1. The summed E-state index contributed by atoms with van der Waals surface area (Å²) in [4.78, 5) is 0.140. The lowest BCUT2D eigenvalue weighted by molar-refractivity contribution is 0.340. The van der Waals surface area contributed by atoms with Gasteiger partial charge in [0.1, 0.15) is 12.4 Å². The predicted molar refractivity (Wildman–Crippen MR) is 118 cm³/mol. The Morgan fingerprint density at radius 1 is 0.967 bits per heavy atom. The van der Waals surface area contributed by atoms with Crippen molar-refractivity contribution in [3.8, 4) is 5.75 Å². The van der Waals surface area contributed by atoms with Crippen LogP contribution in [0, 0.1) is 0 Å². The van der Waals surface area contributed by atoms with Crippen LogP contribution in [0.15, 0.2) is 47.4 Å². The van der Waals surface area contributed by atoms with Crippen molar-refractivity contribution in [2.75, 3.05) is 18.1 Å². The maximum Gasteiger partial charge on any atom is 0.241 e. The molecule has 0 amide bonds. The van der Waals surface area contributed by atoms with Crippen molar-refractivity contribution in [3.63, 3.8) is 0 Å². The average molecular weight is 452 g/mol. The summed E-state index contributed by atoms with van der Waals surface area (Å²) in [6, 6.07) is 11.9. The molecule has 0 radical (unpaired) electrons. The molecule has 6 nitrogen and oxygen atoms in total. The topological polar surface area (TPSA) is 89.5 Å². The van der Waals surface area contributed by atoms with E-state index in [1.807, 2.05) is 13.0 Å². The van der Waals surface area contributed by atoms with E-state index in [0.29, 0.717) is 5.75 Å². The lowest BCUT2D eigenvalue weighted by Gasteiger charge is -2.20. The molecule has 1 atom stereocenters. The fraction of sp³-hybridized carbons (Fsp3) is 0.455. The molecule has 0 saturated heterocycles. The van der Waals surface area contributed by atoms with Crippen molar-refractivity contribution in [2.45, 2.75) is 50.5 Å². The normalized spacial score (nSPS) is 15.4. The van der Waals surface area contributed by atoms with Gasteiger partial charge in [0.15, 0.2) is 9.84 Å². The largest absolute Gasteiger partial charge is 0.493 e. The first-order chi connectivity index (χ1) is 14.2. The van der Waals surface area contributed by atoms with Gasteiger partial charge in [-0.1, -0.05) is 25.1 Å². The molecule has 0 fully saturated rings. The maximum atomic E-state index is 12.8. The van der Waals surface area contributed by atoms with E-state index in [-0.39, 0.29) is 29.0 Å². The summed E-state index contributed by atoms with van der Waals surface area (Å²) in [7, 11) is -6.79. The van der Waals surface area contributed by atoms with Crippen LogP contribution >= 0.6 is 0 Å². The highest BCUT2D eigenvalue weighted by atomic mass is 32.2. The smallest absolute Gasteiger partial charge is 0.241 e. The molecule has 1 unspecified atom stereocenters. The summed E-state index contributed by atoms with van der Waals surface area (Å²) in [6.07, 6.45) is 4.52. The number of hydrogen-bond donors (Lipinski definition) is 1. The van der Waals surface area contributed by atoms with Crippen LogP contribution in [-0.4, -0.2) is 34.9 Å². The fourth-order valence-corrected chi connectivity index (χ4v) is 5.40. The zero-order valence-corrected chi connectivity index (χ0v) is 19.1. The van der Waals surface area contributed by atoms with Gasteiger partial charge in [0.05, 0.1) is 10.6 Å². The van der Waals surface area contributed by atoms with E-state index in [0.717, 1.165) is 18.4 Å². The third-order valence-electron chi connectivity index (χ3n) is 5.44. The Balaban J connectivity index is 1.63. The highest BCUT2D eigenvalue weighted by Crippen LogP contribution is 2.26. The van der Waals surface area contributed by atoms with E-state index in [1.165, 1.54) is 48.2 Å². The number of fused-ring (bicyclic) bond motifs is 1. The number of benzene rings is 2. The van der Waals surface area contributed by atoms with Crippen molar-refractivity contribution >= 4 is 19.9 Å². The van der Waals surface area contributed by atoms with Crippen molar-refractivity contribution in [2.24, 2.45) is 0 Å². The standard InChI is InChI=1S/C22H29NO5S2/c1-3-29(24,25)15-14-28-21-10-12-22(13-11-21)30(26,27)23-17(2)19-9-8-18-6-4-5-7-20(18)16-19/h8-13,16-17,23H,3-7,14-15H2,1-2H3. The molecule has 3 rings (SSSR count). The predicted octanol–water partition coefficient (Wildman–Crippen LogP) is 3.42. The van der Waals surface area contributed by atoms with E-state index in [2.05, 4.69) is 16.9 Å². The molecule has 8 heteroatoms. The highest BCUT2D eigenvalue weighted by Gasteiger charge is 2.20. The number of aryl methyl sites for hydroxylation is 2. The van der Waals surface area contributed by atoms with Gasteiger partial charge in [0.2, 0.25) is 10.0 Å². The van der Waals surface area contributed by atoms with Crippen LogP contribution in [0.2, 0.25) is 0 Å². The third kappa shape index (κ3) is 5.83. The molecule has 1 aliphatic rings. The quantitative estimate of drug-likeness (QED) is 0.631. The first-order valence-electron chi connectivity index (χ1n) is 10.3. The lowest BCUT2D eigenvalue weighted by Crippen LogP contribution is -2.27. The van der Waals surface area contributed by atoms with Gasteiger partial charge in [-0.2, -0.15) is 0 Å². The number of hydrogen-bond acceptors (Lipinski definition) is 5. The molecule has 0 heterocycles. The number of rotatable bonds is 9. The molecule has 2 aromatic carbocycles. The molecule has 0 spiro atoms. The second-order valence-corrected chi connectivity index (χ2v) is 11.8. The first kappa shape index (κ1) is 22.8. The van der Waals surface area contributed by atoms with Gasteiger partial charge in [-0.15, -0.1) is 0 Å². The molecule has 164 valence electrons. The highest BCUT2D eigenvalue weighted by molar-refractivity contribution is 7.91. The van der Waals surface area contributed by atoms with Crippen molar-refractivity contribution in [1.82, 2.24) is 4.72 Å². The third-order valence-corrected chi connectivity index (χ3v) is 8.67. The van der Waals surface area contributed by atoms with Crippen LogP contribution in [0.5, 0.6) is 5.75 Å². The minimum absolute atomic E-state index is 0.0376. The molecular formula is C22H29NO5S2. The first-order valence-corrected chi connectivity index (χ1v) is 13.6. The minimum Gasteiger partial charge on any atom is -0.493 e. The fourth-order valence-electron chi connectivity index (χ4n) is 3.54. The van der Waals surface area contributed by atoms with Crippen LogP contribution in [-0.2, 0) is 32.7 Å². The number of nitrogens with one attached hydrogen (secondary N) is 1. The Bertz CT molecular complexity index is 1080. The van der Waals surface area contributed by atoms with Gasteiger partial charge in [-0.25, -0.2) is 21.6 Å². The Kier molecular flexibility index (Phi) is 7.21. The monoisotopic (exact) mass is 451 g/mol. The minimum atomic E-state index is -3.69. The van der Waals surface area contributed by atoms with E-state index in [4.69, 9.17) is 4.74 Å². The van der Waals surface area contributed by atoms with Crippen molar-refractivity contribution < 1.29 is 21.6 Å². The zero-order valence-electron chi connectivity index (χ0n) is 17.4. The zero-order chi connectivity index (χ0) is 21.8. The van der Waals surface area contributed by atoms with Crippen molar-refractivity contribution in [1.29, 1.82) is 0 Å². The van der Waals surface area contributed by atoms with Gasteiger partial charge < -0.3 is 4.74 Å². The molecule has 2 aromatic rings. The lowest BCUT2D eigenvalue weighted by atomic mass is 9.89. The van der Waals surface area contributed by atoms with Crippen LogP contribution in [0.3, 0.4) is 0 Å². The Hall–Kier alpha value is -1.90.